The zero-order chi connectivity index (χ0) is 14.9. The van der Waals surface area contributed by atoms with Gasteiger partial charge in [-0.25, -0.2) is 0 Å². The number of aryl methyl sites for hydroxylation is 1. The molecule has 0 saturated carbocycles. The minimum Gasteiger partial charge on any atom is -0.271 e. The fraction of sp³-hybridized carbons (Fsp3) is 0.294. The van der Waals surface area contributed by atoms with E-state index in [4.69, 9.17) is 17.4 Å². The molecular weight excluding hydrogens is 300 g/mol. The average molecular weight is 321 g/mol. The number of hydrogen-bond acceptors (Lipinski definition) is 3. The number of thioether (sulfide) groups is 1. The lowest BCUT2D eigenvalue weighted by molar-refractivity contribution is 0.520. The van der Waals surface area contributed by atoms with E-state index in [1.807, 2.05) is 30.3 Å². The molecule has 4 heteroatoms. The molecule has 0 fully saturated rings. The molecule has 3 N–H and O–H groups in total. The van der Waals surface area contributed by atoms with E-state index in [9.17, 15) is 0 Å². The van der Waals surface area contributed by atoms with E-state index < -0.39 is 0 Å². The number of hydrogen-bond donors (Lipinski definition) is 2. The normalized spacial score (nSPS) is 12.3. The van der Waals surface area contributed by atoms with Crippen molar-refractivity contribution in [2.45, 2.75) is 30.2 Å². The second kappa shape index (κ2) is 9.11. The summed E-state index contributed by atoms with van der Waals surface area (Å²) in [5, 5.41) is 0.808. The Bertz CT molecular complexity index is 533. The fourth-order valence-corrected chi connectivity index (χ4v) is 3.49. The van der Waals surface area contributed by atoms with Gasteiger partial charge < -0.3 is 0 Å². The molecule has 0 aliphatic heterocycles. The average Bonchev–Trinajstić information content (AvgIpc) is 2.53. The van der Waals surface area contributed by atoms with Gasteiger partial charge in [0.15, 0.2) is 0 Å². The van der Waals surface area contributed by atoms with E-state index in [0.29, 0.717) is 6.04 Å². The van der Waals surface area contributed by atoms with Gasteiger partial charge in [0.05, 0.1) is 5.02 Å². The van der Waals surface area contributed by atoms with Crippen LogP contribution < -0.4 is 11.3 Å². The molecule has 0 aliphatic rings. The third kappa shape index (κ3) is 5.71. The summed E-state index contributed by atoms with van der Waals surface area (Å²) < 4.78 is 0. The molecule has 1 unspecified atom stereocenters. The van der Waals surface area contributed by atoms with Gasteiger partial charge in [0.2, 0.25) is 0 Å². The van der Waals surface area contributed by atoms with E-state index in [1.165, 1.54) is 5.56 Å². The van der Waals surface area contributed by atoms with Crippen molar-refractivity contribution in [3.05, 3.63) is 65.2 Å². The number of halogens is 1. The molecule has 0 aromatic heterocycles. The lowest BCUT2D eigenvalue weighted by Gasteiger charge is -2.15. The molecule has 112 valence electrons. The Morgan fingerprint density at radius 1 is 1.05 bits per heavy atom. The van der Waals surface area contributed by atoms with Crippen molar-refractivity contribution in [3.63, 3.8) is 0 Å². The molecule has 2 nitrogen and oxygen atoms in total. The molecule has 0 spiro atoms. The predicted molar refractivity (Wildman–Crippen MR) is 92.7 cm³/mol. The molecule has 0 heterocycles. The van der Waals surface area contributed by atoms with Crippen LogP contribution >= 0.6 is 23.4 Å². The van der Waals surface area contributed by atoms with Crippen LogP contribution in [0.4, 0.5) is 0 Å². The van der Waals surface area contributed by atoms with Crippen molar-refractivity contribution in [3.8, 4) is 0 Å². The Morgan fingerprint density at radius 3 is 2.48 bits per heavy atom. The number of rotatable bonds is 8. The summed E-state index contributed by atoms with van der Waals surface area (Å²) in [6.45, 7) is 0. The first-order valence-electron chi connectivity index (χ1n) is 7.17. The van der Waals surface area contributed by atoms with E-state index in [0.717, 1.165) is 34.9 Å². The Kier molecular flexibility index (Phi) is 7.10. The molecular formula is C17H21ClN2S. The predicted octanol–water partition coefficient (Wildman–Crippen LogP) is 4.29. The number of nitrogens with two attached hydrogens (primary N) is 1. The van der Waals surface area contributed by atoms with Gasteiger partial charge in [0, 0.05) is 16.7 Å². The van der Waals surface area contributed by atoms with Crippen LogP contribution in [-0.2, 0) is 6.42 Å². The molecule has 2 aromatic rings. The standard InChI is InChI=1S/C17H21ClN2S/c18-16-11-4-5-12-17(16)21-13-15(20-19)10-6-9-14-7-2-1-3-8-14/h1-5,7-8,11-12,15,20H,6,9-10,13,19H2. The molecule has 2 aromatic carbocycles. The molecule has 21 heavy (non-hydrogen) atoms. The summed E-state index contributed by atoms with van der Waals surface area (Å²) in [5.41, 5.74) is 4.30. The minimum atomic E-state index is 0.301. The van der Waals surface area contributed by atoms with Crippen LogP contribution in [0, 0.1) is 0 Å². The Hall–Kier alpha value is -1.00. The van der Waals surface area contributed by atoms with Gasteiger partial charge in [0.1, 0.15) is 0 Å². The van der Waals surface area contributed by atoms with E-state index >= 15 is 0 Å². The summed E-state index contributed by atoms with van der Waals surface area (Å²) in [4.78, 5) is 1.11. The first-order chi connectivity index (χ1) is 10.3. The SMILES string of the molecule is NNC(CCCc1ccccc1)CSc1ccccc1Cl. The largest absolute Gasteiger partial charge is 0.271 e. The van der Waals surface area contributed by atoms with Gasteiger partial charge in [-0.15, -0.1) is 11.8 Å². The second-order valence-corrected chi connectivity index (χ2v) is 6.45. The highest BCUT2D eigenvalue weighted by molar-refractivity contribution is 7.99. The molecule has 0 saturated heterocycles. The van der Waals surface area contributed by atoms with Crippen molar-refractivity contribution >= 4 is 23.4 Å². The number of benzene rings is 2. The molecule has 0 aliphatic carbocycles. The molecule has 0 bridgehead atoms. The molecule has 0 amide bonds. The van der Waals surface area contributed by atoms with Gasteiger partial charge in [-0.1, -0.05) is 54.1 Å². The van der Waals surface area contributed by atoms with E-state index in [-0.39, 0.29) is 0 Å². The quantitative estimate of drug-likeness (QED) is 0.433. The van der Waals surface area contributed by atoms with Crippen LogP contribution in [0.2, 0.25) is 5.02 Å². The highest BCUT2D eigenvalue weighted by Crippen LogP contribution is 2.27. The third-order valence-corrected chi connectivity index (χ3v) is 5.05. The monoisotopic (exact) mass is 320 g/mol. The molecule has 0 radical (unpaired) electrons. The highest BCUT2D eigenvalue weighted by Gasteiger charge is 2.08. The van der Waals surface area contributed by atoms with Crippen molar-refractivity contribution in [1.82, 2.24) is 5.43 Å². The Balaban J connectivity index is 1.74. The lowest BCUT2D eigenvalue weighted by atomic mass is 10.1. The smallest absolute Gasteiger partial charge is 0.0541 e. The van der Waals surface area contributed by atoms with Crippen LogP contribution in [0.5, 0.6) is 0 Å². The number of hydrazine groups is 1. The molecule has 2 rings (SSSR count). The van der Waals surface area contributed by atoms with Gasteiger partial charge in [0.25, 0.3) is 0 Å². The highest BCUT2D eigenvalue weighted by atomic mass is 35.5. The van der Waals surface area contributed by atoms with Gasteiger partial charge >= 0.3 is 0 Å². The third-order valence-electron chi connectivity index (χ3n) is 3.37. The summed E-state index contributed by atoms with van der Waals surface area (Å²) in [6.07, 6.45) is 3.28. The summed E-state index contributed by atoms with van der Waals surface area (Å²) >= 11 is 7.91. The summed E-state index contributed by atoms with van der Waals surface area (Å²) in [6, 6.07) is 18.8. The van der Waals surface area contributed by atoms with Crippen LogP contribution in [0.15, 0.2) is 59.5 Å². The second-order valence-electron chi connectivity index (χ2n) is 4.98. The van der Waals surface area contributed by atoms with Crippen LogP contribution in [0.3, 0.4) is 0 Å². The maximum atomic E-state index is 6.16. The van der Waals surface area contributed by atoms with Gasteiger partial charge in [-0.3, -0.25) is 11.3 Å². The maximum Gasteiger partial charge on any atom is 0.0541 e. The summed E-state index contributed by atoms with van der Waals surface area (Å²) in [5.74, 6) is 6.58. The van der Waals surface area contributed by atoms with Gasteiger partial charge in [-0.05, 0) is 37.0 Å². The van der Waals surface area contributed by atoms with Crippen molar-refractivity contribution in [2.75, 3.05) is 5.75 Å². The molecule has 1 atom stereocenters. The van der Waals surface area contributed by atoms with Gasteiger partial charge in [-0.2, -0.15) is 0 Å². The Labute approximate surface area is 136 Å². The van der Waals surface area contributed by atoms with Crippen LogP contribution in [-0.4, -0.2) is 11.8 Å². The summed E-state index contributed by atoms with van der Waals surface area (Å²) in [7, 11) is 0. The zero-order valence-electron chi connectivity index (χ0n) is 12.0. The van der Waals surface area contributed by atoms with Crippen molar-refractivity contribution in [1.29, 1.82) is 0 Å². The van der Waals surface area contributed by atoms with Crippen LogP contribution in [0.25, 0.3) is 0 Å². The Morgan fingerprint density at radius 2 is 1.76 bits per heavy atom. The van der Waals surface area contributed by atoms with E-state index in [1.54, 1.807) is 11.8 Å². The number of nitrogens with one attached hydrogen (secondary N) is 1. The lowest BCUT2D eigenvalue weighted by Crippen LogP contribution is -2.37. The zero-order valence-corrected chi connectivity index (χ0v) is 13.5. The van der Waals surface area contributed by atoms with Crippen molar-refractivity contribution in [2.24, 2.45) is 5.84 Å². The minimum absolute atomic E-state index is 0.301. The fourth-order valence-electron chi connectivity index (χ4n) is 2.16. The maximum absolute atomic E-state index is 6.16. The first kappa shape index (κ1) is 16.4. The topological polar surface area (TPSA) is 38.0 Å². The van der Waals surface area contributed by atoms with Crippen molar-refractivity contribution < 1.29 is 0 Å². The first-order valence-corrected chi connectivity index (χ1v) is 8.53. The van der Waals surface area contributed by atoms with Crippen LogP contribution in [0.1, 0.15) is 18.4 Å². The van der Waals surface area contributed by atoms with E-state index in [2.05, 4.69) is 29.7 Å².